The second-order valence-electron chi connectivity index (χ2n) is 10.9. The van der Waals surface area contributed by atoms with E-state index >= 15 is 0 Å². The summed E-state index contributed by atoms with van der Waals surface area (Å²) in [7, 11) is 0. The summed E-state index contributed by atoms with van der Waals surface area (Å²) in [5.74, 6) is -0.790. The zero-order valence-electron chi connectivity index (χ0n) is 21.6. The molecule has 2 aromatic rings. The van der Waals surface area contributed by atoms with Crippen LogP contribution in [-0.2, 0) is 26.8 Å². The van der Waals surface area contributed by atoms with Crippen molar-refractivity contribution in [2.24, 2.45) is 0 Å². The Kier molecular flexibility index (Phi) is 7.11. The lowest BCUT2D eigenvalue weighted by atomic mass is 9.78. The van der Waals surface area contributed by atoms with Gasteiger partial charge in [0.2, 0.25) is 5.91 Å². The first-order valence-corrected chi connectivity index (χ1v) is 11.8. The molecular formula is C28H35N3O4. The number of phenols is 1. The SMILES string of the molecule is CCc1ccccc1NC(=O)CN1C(=O)N/C(=C/c2cc(C(C)(C)C)c(O)c(C(C)(C)C)c2)C1=O. The fourth-order valence-corrected chi connectivity index (χ4v) is 4.05. The van der Waals surface area contributed by atoms with Crippen LogP contribution in [0.5, 0.6) is 5.75 Å². The molecule has 35 heavy (non-hydrogen) atoms. The van der Waals surface area contributed by atoms with E-state index in [1.165, 1.54) is 0 Å². The molecule has 3 N–H and O–H groups in total. The van der Waals surface area contributed by atoms with Gasteiger partial charge in [0.15, 0.2) is 0 Å². The molecule has 0 radical (unpaired) electrons. The monoisotopic (exact) mass is 477 g/mol. The van der Waals surface area contributed by atoms with E-state index in [2.05, 4.69) is 10.6 Å². The van der Waals surface area contributed by atoms with Crippen LogP contribution in [0.1, 0.15) is 70.7 Å². The van der Waals surface area contributed by atoms with Crippen LogP contribution in [0.2, 0.25) is 0 Å². The summed E-state index contributed by atoms with van der Waals surface area (Å²) in [6, 6.07) is 10.4. The van der Waals surface area contributed by atoms with Gasteiger partial charge in [0.05, 0.1) is 0 Å². The van der Waals surface area contributed by atoms with Gasteiger partial charge >= 0.3 is 6.03 Å². The van der Waals surface area contributed by atoms with Gasteiger partial charge in [-0.25, -0.2) is 9.69 Å². The van der Waals surface area contributed by atoms with E-state index in [1.54, 1.807) is 12.1 Å². The van der Waals surface area contributed by atoms with Crippen molar-refractivity contribution in [3.05, 3.63) is 64.3 Å². The highest BCUT2D eigenvalue weighted by molar-refractivity contribution is 6.16. The van der Waals surface area contributed by atoms with E-state index in [0.717, 1.165) is 28.0 Å². The van der Waals surface area contributed by atoms with Gasteiger partial charge in [0, 0.05) is 16.8 Å². The highest BCUT2D eigenvalue weighted by atomic mass is 16.3. The Hall–Kier alpha value is -3.61. The number of aryl methyl sites for hydroxylation is 1. The molecule has 1 saturated heterocycles. The van der Waals surface area contributed by atoms with E-state index in [0.29, 0.717) is 11.3 Å². The molecule has 4 amide bonds. The molecular weight excluding hydrogens is 442 g/mol. The Morgan fingerprint density at radius 3 is 2.14 bits per heavy atom. The predicted molar refractivity (Wildman–Crippen MR) is 138 cm³/mol. The van der Waals surface area contributed by atoms with Crippen molar-refractivity contribution in [3.8, 4) is 5.75 Å². The van der Waals surface area contributed by atoms with Gasteiger partial charge < -0.3 is 15.7 Å². The molecule has 7 nitrogen and oxygen atoms in total. The second kappa shape index (κ2) is 9.56. The number of phenolic OH excluding ortho intramolecular Hbond substituents is 1. The smallest absolute Gasteiger partial charge is 0.329 e. The molecule has 0 aliphatic carbocycles. The standard InChI is InChI=1S/C28H35N3O4/c1-8-18-11-9-10-12-21(18)29-23(32)16-31-25(34)22(30-26(31)35)15-17-13-19(27(2,3)4)24(33)20(14-17)28(5,6)7/h9-15,33H,8,16H2,1-7H3,(H,29,32)(H,30,35)/b22-15+. The number of amides is 4. The molecule has 1 aliphatic rings. The quantitative estimate of drug-likeness (QED) is 0.413. The van der Waals surface area contributed by atoms with Crippen molar-refractivity contribution in [2.45, 2.75) is 65.7 Å². The summed E-state index contributed by atoms with van der Waals surface area (Å²) < 4.78 is 0. The first-order valence-electron chi connectivity index (χ1n) is 11.8. The van der Waals surface area contributed by atoms with Crippen molar-refractivity contribution in [1.82, 2.24) is 10.2 Å². The zero-order chi connectivity index (χ0) is 26.1. The third-order valence-corrected chi connectivity index (χ3v) is 6.00. The number of rotatable bonds is 5. The number of imide groups is 1. The lowest BCUT2D eigenvalue weighted by Gasteiger charge is -2.28. The average Bonchev–Trinajstić information content (AvgIpc) is 3.00. The van der Waals surface area contributed by atoms with Crippen molar-refractivity contribution in [3.63, 3.8) is 0 Å². The predicted octanol–water partition coefficient (Wildman–Crippen LogP) is 5.08. The summed E-state index contributed by atoms with van der Waals surface area (Å²) in [6.07, 6.45) is 2.33. The molecule has 2 aromatic carbocycles. The largest absolute Gasteiger partial charge is 0.507 e. The fourth-order valence-electron chi connectivity index (χ4n) is 4.05. The molecule has 7 heteroatoms. The normalized spacial score (nSPS) is 15.5. The molecule has 0 saturated carbocycles. The number of benzene rings is 2. The van der Waals surface area contributed by atoms with Gasteiger partial charge in [0.1, 0.15) is 18.0 Å². The number of nitrogens with zero attached hydrogens (tertiary/aromatic N) is 1. The molecule has 1 fully saturated rings. The Labute approximate surface area is 207 Å². The number of carbonyl (C=O) groups excluding carboxylic acids is 3. The van der Waals surface area contributed by atoms with Crippen LogP contribution >= 0.6 is 0 Å². The van der Waals surface area contributed by atoms with E-state index in [4.69, 9.17) is 0 Å². The lowest BCUT2D eigenvalue weighted by Crippen LogP contribution is -2.38. The minimum Gasteiger partial charge on any atom is -0.507 e. The molecule has 0 bridgehead atoms. The molecule has 0 unspecified atom stereocenters. The number of hydrogen-bond acceptors (Lipinski definition) is 4. The Morgan fingerprint density at radius 1 is 1.03 bits per heavy atom. The van der Waals surface area contributed by atoms with Gasteiger partial charge in [-0.05, 0) is 52.7 Å². The molecule has 0 atom stereocenters. The number of carbonyl (C=O) groups is 3. The van der Waals surface area contributed by atoms with Crippen LogP contribution in [0.15, 0.2) is 42.1 Å². The van der Waals surface area contributed by atoms with Crippen LogP contribution in [-0.4, -0.2) is 34.4 Å². The minimum absolute atomic E-state index is 0.0853. The van der Waals surface area contributed by atoms with E-state index in [-0.39, 0.29) is 22.3 Å². The van der Waals surface area contributed by atoms with Crippen molar-refractivity contribution in [1.29, 1.82) is 0 Å². The molecule has 186 valence electrons. The van der Waals surface area contributed by atoms with Gasteiger partial charge in [-0.3, -0.25) is 9.59 Å². The Balaban J connectivity index is 1.88. The number of aromatic hydroxyl groups is 1. The minimum atomic E-state index is -0.647. The first-order chi connectivity index (χ1) is 16.2. The van der Waals surface area contributed by atoms with E-state index in [1.807, 2.05) is 78.8 Å². The maximum Gasteiger partial charge on any atom is 0.329 e. The number of nitrogens with one attached hydrogen (secondary N) is 2. The summed E-state index contributed by atoms with van der Waals surface area (Å²) in [5.41, 5.74) is 3.23. The third-order valence-electron chi connectivity index (χ3n) is 6.00. The van der Waals surface area contributed by atoms with Gasteiger partial charge in [-0.15, -0.1) is 0 Å². The first kappa shape index (κ1) is 26.0. The number of para-hydroxylation sites is 1. The van der Waals surface area contributed by atoms with Crippen molar-refractivity contribution in [2.75, 3.05) is 11.9 Å². The summed E-state index contributed by atoms with van der Waals surface area (Å²) in [4.78, 5) is 39.0. The van der Waals surface area contributed by atoms with Crippen LogP contribution in [0.25, 0.3) is 6.08 Å². The molecule has 3 rings (SSSR count). The second-order valence-corrected chi connectivity index (χ2v) is 10.9. The number of anilines is 1. The number of hydrogen-bond donors (Lipinski definition) is 3. The molecule has 0 aromatic heterocycles. The van der Waals surface area contributed by atoms with Crippen molar-refractivity contribution < 1.29 is 19.5 Å². The van der Waals surface area contributed by atoms with Crippen LogP contribution in [0, 0.1) is 0 Å². The molecule has 1 aliphatic heterocycles. The third kappa shape index (κ3) is 5.73. The highest BCUT2D eigenvalue weighted by Crippen LogP contribution is 2.40. The van der Waals surface area contributed by atoms with Crippen LogP contribution in [0.4, 0.5) is 10.5 Å². The zero-order valence-corrected chi connectivity index (χ0v) is 21.6. The maximum atomic E-state index is 13.0. The van der Waals surface area contributed by atoms with E-state index in [9.17, 15) is 19.5 Å². The van der Waals surface area contributed by atoms with Crippen LogP contribution < -0.4 is 10.6 Å². The van der Waals surface area contributed by atoms with Crippen LogP contribution in [0.3, 0.4) is 0 Å². The summed E-state index contributed by atoms with van der Waals surface area (Å²) in [5, 5.41) is 16.3. The highest BCUT2D eigenvalue weighted by Gasteiger charge is 2.35. The fraction of sp³-hybridized carbons (Fsp3) is 0.393. The summed E-state index contributed by atoms with van der Waals surface area (Å²) >= 11 is 0. The average molecular weight is 478 g/mol. The van der Waals surface area contributed by atoms with Gasteiger partial charge in [-0.1, -0.05) is 66.7 Å². The Bertz CT molecular complexity index is 1160. The Morgan fingerprint density at radius 2 is 1.60 bits per heavy atom. The van der Waals surface area contributed by atoms with Gasteiger partial charge in [-0.2, -0.15) is 0 Å². The lowest BCUT2D eigenvalue weighted by molar-refractivity contribution is -0.127. The topological polar surface area (TPSA) is 98.7 Å². The van der Waals surface area contributed by atoms with E-state index < -0.39 is 24.4 Å². The van der Waals surface area contributed by atoms with Crippen molar-refractivity contribution >= 4 is 29.6 Å². The molecule has 0 spiro atoms. The van der Waals surface area contributed by atoms with Gasteiger partial charge in [0.25, 0.3) is 5.91 Å². The summed E-state index contributed by atoms with van der Waals surface area (Å²) in [6.45, 7) is 13.6. The number of urea groups is 1. The maximum absolute atomic E-state index is 13.0. The molecule has 1 heterocycles.